The highest BCUT2D eigenvalue weighted by atomic mass is 16.5. The van der Waals surface area contributed by atoms with E-state index in [-0.39, 0.29) is 0 Å². The summed E-state index contributed by atoms with van der Waals surface area (Å²) in [4.78, 5) is 2.15. The van der Waals surface area contributed by atoms with E-state index in [1.165, 1.54) is 6.42 Å². The first kappa shape index (κ1) is 14.2. The Bertz CT molecular complexity index is 427. The van der Waals surface area contributed by atoms with Crippen molar-refractivity contribution in [2.45, 2.75) is 39.2 Å². The summed E-state index contributed by atoms with van der Waals surface area (Å²) in [6, 6.07) is 0.408. The van der Waals surface area contributed by atoms with E-state index in [0.29, 0.717) is 24.4 Å². The SMILES string of the molecule is CC1CCc2c(N)c(OCCCN(C)C)nn2C1C. The lowest BCUT2D eigenvalue weighted by Crippen LogP contribution is -2.23. The zero-order valence-electron chi connectivity index (χ0n) is 12.5. The number of fused-ring (bicyclic) bond motifs is 1. The second-order valence-electron chi connectivity index (χ2n) is 5.87. The Labute approximate surface area is 115 Å². The van der Waals surface area contributed by atoms with Gasteiger partial charge in [-0.2, -0.15) is 0 Å². The van der Waals surface area contributed by atoms with Gasteiger partial charge in [0.15, 0.2) is 0 Å². The van der Waals surface area contributed by atoms with Gasteiger partial charge in [-0.1, -0.05) is 6.92 Å². The van der Waals surface area contributed by atoms with Crippen molar-refractivity contribution in [1.29, 1.82) is 0 Å². The summed E-state index contributed by atoms with van der Waals surface area (Å²) in [5, 5.41) is 4.55. The first-order chi connectivity index (χ1) is 9.00. The Morgan fingerprint density at radius 1 is 1.42 bits per heavy atom. The second kappa shape index (κ2) is 5.82. The van der Waals surface area contributed by atoms with Crippen LogP contribution in [0.3, 0.4) is 0 Å². The molecular weight excluding hydrogens is 240 g/mol. The van der Waals surface area contributed by atoms with Gasteiger partial charge in [0.1, 0.15) is 5.69 Å². The standard InChI is InChI=1S/C14H26N4O/c1-10-6-7-12-13(15)14(16-18(12)11(10)2)19-9-5-8-17(3)4/h10-11H,5-9,15H2,1-4H3. The first-order valence-corrected chi connectivity index (χ1v) is 7.15. The predicted octanol–water partition coefficient (Wildman–Crippen LogP) is 1.94. The first-order valence-electron chi connectivity index (χ1n) is 7.15. The molecule has 2 rings (SSSR count). The molecular formula is C14H26N4O. The van der Waals surface area contributed by atoms with Gasteiger partial charge in [-0.25, -0.2) is 0 Å². The molecule has 0 radical (unpaired) electrons. The molecule has 0 saturated carbocycles. The van der Waals surface area contributed by atoms with Crippen molar-refractivity contribution in [2.75, 3.05) is 33.0 Å². The van der Waals surface area contributed by atoms with Crippen molar-refractivity contribution in [2.24, 2.45) is 5.92 Å². The number of anilines is 1. The molecule has 2 heterocycles. The summed E-state index contributed by atoms with van der Waals surface area (Å²) in [6.45, 7) is 6.16. The van der Waals surface area contributed by atoms with E-state index in [1.54, 1.807) is 0 Å². The van der Waals surface area contributed by atoms with Gasteiger partial charge in [0.05, 0.1) is 18.3 Å². The van der Waals surface area contributed by atoms with Gasteiger partial charge < -0.3 is 15.4 Å². The van der Waals surface area contributed by atoms with E-state index in [1.807, 2.05) is 0 Å². The van der Waals surface area contributed by atoms with E-state index in [4.69, 9.17) is 10.5 Å². The lowest BCUT2D eigenvalue weighted by atomic mass is 9.93. The highest BCUT2D eigenvalue weighted by Crippen LogP contribution is 2.36. The molecule has 5 nitrogen and oxygen atoms in total. The number of nitrogens with two attached hydrogens (primary N) is 1. The highest BCUT2D eigenvalue weighted by molar-refractivity contribution is 5.53. The minimum absolute atomic E-state index is 0.408. The van der Waals surface area contributed by atoms with Gasteiger partial charge >= 0.3 is 0 Å². The Balaban J connectivity index is 2.01. The number of nitrogens with zero attached hydrogens (tertiary/aromatic N) is 3. The summed E-state index contributed by atoms with van der Waals surface area (Å²) in [7, 11) is 4.12. The minimum Gasteiger partial charge on any atom is -0.475 e. The maximum absolute atomic E-state index is 6.16. The van der Waals surface area contributed by atoms with Crippen molar-refractivity contribution in [3.8, 4) is 5.88 Å². The lowest BCUT2D eigenvalue weighted by molar-refractivity contribution is 0.257. The monoisotopic (exact) mass is 266 g/mol. The molecule has 0 aliphatic carbocycles. The van der Waals surface area contributed by atoms with Crippen molar-refractivity contribution in [1.82, 2.24) is 14.7 Å². The van der Waals surface area contributed by atoms with Crippen LogP contribution in [0, 0.1) is 5.92 Å². The molecule has 1 aliphatic rings. The lowest BCUT2D eigenvalue weighted by Gasteiger charge is -2.27. The number of aromatic nitrogens is 2. The van der Waals surface area contributed by atoms with Crippen molar-refractivity contribution in [3.05, 3.63) is 5.69 Å². The molecule has 0 saturated heterocycles. The normalized spacial score (nSPS) is 22.6. The van der Waals surface area contributed by atoms with Gasteiger partial charge in [-0.15, -0.1) is 5.10 Å². The van der Waals surface area contributed by atoms with Gasteiger partial charge in [-0.3, -0.25) is 4.68 Å². The van der Waals surface area contributed by atoms with Crippen LogP contribution < -0.4 is 10.5 Å². The summed E-state index contributed by atoms with van der Waals surface area (Å²) < 4.78 is 7.80. The fourth-order valence-electron chi connectivity index (χ4n) is 2.55. The van der Waals surface area contributed by atoms with Crippen LogP contribution in [0.1, 0.15) is 38.4 Å². The van der Waals surface area contributed by atoms with Crippen molar-refractivity contribution in [3.63, 3.8) is 0 Å². The van der Waals surface area contributed by atoms with Crippen LogP contribution in [0.25, 0.3) is 0 Å². The van der Waals surface area contributed by atoms with Gasteiger partial charge in [-0.05, 0) is 46.2 Å². The Morgan fingerprint density at radius 2 is 2.16 bits per heavy atom. The van der Waals surface area contributed by atoms with Gasteiger partial charge in [0.2, 0.25) is 0 Å². The number of hydrogen-bond acceptors (Lipinski definition) is 4. The number of rotatable bonds is 5. The smallest absolute Gasteiger partial charge is 0.256 e. The highest BCUT2D eigenvalue weighted by Gasteiger charge is 2.27. The van der Waals surface area contributed by atoms with Crippen LogP contribution >= 0.6 is 0 Å². The maximum Gasteiger partial charge on any atom is 0.256 e. The Kier molecular flexibility index (Phi) is 4.34. The van der Waals surface area contributed by atoms with E-state index in [9.17, 15) is 0 Å². The third kappa shape index (κ3) is 3.03. The van der Waals surface area contributed by atoms with Gasteiger partial charge in [0.25, 0.3) is 5.88 Å². The average molecular weight is 266 g/mol. The quantitative estimate of drug-likeness (QED) is 0.828. The number of ether oxygens (including phenoxy) is 1. The zero-order valence-corrected chi connectivity index (χ0v) is 12.5. The zero-order chi connectivity index (χ0) is 14.0. The molecule has 0 amide bonds. The van der Waals surface area contributed by atoms with Crippen LogP contribution in [0.4, 0.5) is 5.69 Å². The van der Waals surface area contributed by atoms with Crippen LogP contribution in [0.2, 0.25) is 0 Å². The summed E-state index contributed by atoms with van der Waals surface area (Å²) in [5.74, 6) is 1.27. The molecule has 108 valence electrons. The average Bonchev–Trinajstić information content (AvgIpc) is 2.68. The van der Waals surface area contributed by atoms with E-state index < -0.39 is 0 Å². The molecule has 2 atom stereocenters. The molecule has 2 N–H and O–H groups in total. The maximum atomic E-state index is 6.16. The third-order valence-corrected chi connectivity index (χ3v) is 4.05. The predicted molar refractivity (Wildman–Crippen MR) is 77.5 cm³/mol. The summed E-state index contributed by atoms with van der Waals surface area (Å²) in [6.07, 6.45) is 3.17. The molecule has 1 aromatic heterocycles. The molecule has 5 heteroatoms. The molecule has 0 spiro atoms. The van der Waals surface area contributed by atoms with E-state index >= 15 is 0 Å². The second-order valence-corrected chi connectivity index (χ2v) is 5.87. The van der Waals surface area contributed by atoms with Crippen LogP contribution in [0.5, 0.6) is 5.88 Å². The Hall–Kier alpha value is -1.23. The summed E-state index contributed by atoms with van der Waals surface area (Å²) >= 11 is 0. The number of nitrogen functional groups attached to an aromatic ring is 1. The van der Waals surface area contributed by atoms with Crippen LogP contribution in [-0.4, -0.2) is 41.9 Å². The number of hydrogen-bond donors (Lipinski definition) is 1. The molecule has 1 aliphatic heterocycles. The summed E-state index contributed by atoms with van der Waals surface area (Å²) in [5.41, 5.74) is 8.04. The Morgan fingerprint density at radius 3 is 2.84 bits per heavy atom. The van der Waals surface area contributed by atoms with Gasteiger partial charge in [0, 0.05) is 6.54 Å². The molecule has 0 bridgehead atoms. The van der Waals surface area contributed by atoms with Crippen LogP contribution in [-0.2, 0) is 6.42 Å². The van der Waals surface area contributed by atoms with Crippen molar-refractivity contribution >= 4 is 5.69 Å². The molecule has 0 fully saturated rings. The fourth-order valence-corrected chi connectivity index (χ4v) is 2.55. The van der Waals surface area contributed by atoms with Crippen molar-refractivity contribution < 1.29 is 4.74 Å². The van der Waals surface area contributed by atoms with E-state index in [0.717, 1.165) is 30.8 Å². The molecule has 2 unspecified atom stereocenters. The largest absolute Gasteiger partial charge is 0.475 e. The minimum atomic E-state index is 0.408. The van der Waals surface area contributed by atoms with E-state index in [2.05, 4.69) is 42.6 Å². The molecule has 19 heavy (non-hydrogen) atoms. The fraction of sp³-hybridized carbons (Fsp3) is 0.786. The van der Waals surface area contributed by atoms with Crippen LogP contribution in [0.15, 0.2) is 0 Å². The molecule has 1 aromatic rings. The topological polar surface area (TPSA) is 56.3 Å². The third-order valence-electron chi connectivity index (χ3n) is 4.05. The molecule has 0 aromatic carbocycles.